The third-order valence-electron chi connectivity index (χ3n) is 2.77. The van der Waals surface area contributed by atoms with Gasteiger partial charge in [0.15, 0.2) is 0 Å². The molecule has 0 aliphatic carbocycles. The Morgan fingerprint density at radius 2 is 1.90 bits per heavy atom. The fraction of sp³-hybridized carbons (Fsp3) is 0.188. The van der Waals surface area contributed by atoms with Gasteiger partial charge >= 0.3 is 0 Å². The Morgan fingerprint density at radius 1 is 1.15 bits per heavy atom. The molecule has 0 saturated carbocycles. The lowest BCUT2D eigenvalue weighted by Crippen LogP contribution is -2.13. The Hall–Kier alpha value is -2.20. The number of hydrogen-bond donors (Lipinski definition) is 1. The van der Waals surface area contributed by atoms with E-state index in [1.807, 2.05) is 43.3 Å². The fourth-order valence-electron chi connectivity index (χ4n) is 1.95. The zero-order valence-corrected chi connectivity index (χ0v) is 11.6. The predicted octanol–water partition coefficient (Wildman–Crippen LogP) is 3.14. The summed E-state index contributed by atoms with van der Waals surface area (Å²) in [5.41, 5.74) is 2.12. The summed E-state index contributed by atoms with van der Waals surface area (Å²) in [5, 5.41) is 2.77. The smallest absolute Gasteiger partial charge is 0.255 e. The van der Waals surface area contributed by atoms with Crippen LogP contribution in [0.2, 0.25) is 0 Å². The van der Waals surface area contributed by atoms with Crippen LogP contribution in [0.1, 0.15) is 15.9 Å². The van der Waals surface area contributed by atoms with Gasteiger partial charge in [0.2, 0.25) is 0 Å². The van der Waals surface area contributed by atoms with Gasteiger partial charge in [-0.1, -0.05) is 18.2 Å². The lowest BCUT2D eigenvalue weighted by molar-refractivity contribution is 0.102. The molecule has 1 N–H and O–H groups in total. The van der Waals surface area contributed by atoms with Crippen LogP contribution in [-0.2, 0) is 6.54 Å². The molecule has 2 aromatic carbocycles. The van der Waals surface area contributed by atoms with Crippen LogP contribution in [0, 0.1) is 5.82 Å². The molecule has 0 aromatic heterocycles. The molecule has 0 fully saturated rings. The number of carbonyl (C=O) groups excluding carboxylic acids is 1. The normalized spacial score (nSPS) is 10.6. The minimum atomic E-state index is -0.418. The van der Waals surface area contributed by atoms with Gasteiger partial charge in [-0.15, -0.1) is 0 Å². The van der Waals surface area contributed by atoms with Gasteiger partial charge in [0, 0.05) is 17.8 Å². The van der Waals surface area contributed by atoms with E-state index in [2.05, 4.69) is 5.32 Å². The molecule has 0 radical (unpaired) electrons. The van der Waals surface area contributed by atoms with Crippen LogP contribution < -0.4 is 5.32 Å². The van der Waals surface area contributed by atoms with Crippen molar-refractivity contribution in [3.63, 3.8) is 0 Å². The molecule has 104 valence electrons. The molecule has 0 atom stereocenters. The first-order valence-electron chi connectivity index (χ1n) is 6.35. The van der Waals surface area contributed by atoms with E-state index in [-0.39, 0.29) is 5.91 Å². The summed E-state index contributed by atoms with van der Waals surface area (Å²) >= 11 is 0. The van der Waals surface area contributed by atoms with Crippen molar-refractivity contribution in [3.05, 3.63) is 65.5 Å². The fourth-order valence-corrected chi connectivity index (χ4v) is 1.95. The molecule has 0 saturated heterocycles. The summed E-state index contributed by atoms with van der Waals surface area (Å²) < 4.78 is 13.1. The van der Waals surface area contributed by atoms with E-state index in [9.17, 15) is 9.18 Å². The van der Waals surface area contributed by atoms with Gasteiger partial charge in [-0.2, -0.15) is 0 Å². The Bertz CT molecular complexity index is 611. The first kappa shape index (κ1) is 14.2. The minimum absolute atomic E-state index is 0.308. The molecule has 2 rings (SSSR count). The first-order valence-corrected chi connectivity index (χ1v) is 6.35. The van der Waals surface area contributed by atoms with Crippen molar-refractivity contribution in [1.29, 1.82) is 0 Å². The van der Waals surface area contributed by atoms with Crippen LogP contribution in [0.15, 0.2) is 48.5 Å². The number of halogens is 1. The highest BCUT2D eigenvalue weighted by atomic mass is 19.1. The van der Waals surface area contributed by atoms with Crippen molar-refractivity contribution < 1.29 is 9.18 Å². The summed E-state index contributed by atoms with van der Waals surface area (Å²) in [5.74, 6) is -0.731. The van der Waals surface area contributed by atoms with Crippen molar-refractivity contribution in [2.75, 3.05) is 19.4 Å². The first-order chi connectivity index (χ1) is 9.54. The van der Waals surface area contributed by atoms with E-state index < -0.39 is 5.82 Å². The van der Waals surface area contributed by atoms with Gasteiger partial charge in [0.1, 0.15) is 5.82 Å². The number of rotatable bonds is 4. The number of nitrogens with zero attached hydrogens (tertiary/aromatic N) is 1. The maximum atomic E-state index is 13.1. The summed E-state index contributed by atoms with van der Waals surface area (Å²) in [4.78, 5) is 14.1. The Kier molecular flexibility index (Phi) is 4.48. The predicted molar refractivity (Wildman–Crippen MR) is 78.2 cm³/mol. The zero-order chi connectivity index (χ0) is 14.5. The third-order valence-corrected chi connectivity index (χ3v) is 2.77. The van der Waals surface area contributed by atoms with Crippen LogP contribution in [-0.4, -0.2) is 24.9 Å². The minimum Gasteiger partial charge on any atom is -0.322 e. The van der Waals surface area contributed by atoms with E-state index in [4.69, 9.17) is 0 Å². The van der Waals surface area contributed by atoms with Gasteiger partial charge in [0.25, 0.3) is 5.91 Å². The number of nitrogens with one attached hydrogen (secondary N) is 1. The molecular weight excluding hydrogens is 255 g/mol. The van der Waals surface area contributed by atoms with E-state index in [0.717, 1.165) is 12.1 Å². The van der Waals surface area contributed by atoms with Crippen LogP contribution >= 0.6 is 0 Å². The van der Waals surface area contributed by atoms with Gasteiger partial charge < -0.3 is 10.2 Å². The standard InChI is InChI=1S/C16H17FN2O/c1-19(2)11-12-5-3-8-15(9-12)18-16(20)13-6-4-7-14(17)10-13/h3-10H,11H2,1-2H3,(H,18,20). The van der Waals surface area contributed by atoms with E-state index in [1.54, 1.807) is 6.07 Å². The second kappa shape index (κ2) is 6.30. The lowest BCUT2D eigenvalue weighted by Gasteiger charge is -2.11. The molecule has 2 aromatic rings. The van der Waals surface area contributed by atoms with Crippen molar-refractivity contribution in [1.82, 2.24) is 4.90 Å². The van der Waals surface area contributed by atoms with E-state index in [1.165, 1.54) is 18.2 Å². The second-order valence-corrected chi connectivity index (χ2v) is 4.90. The van der Waals surface area contributed by atoms with Crippen LogP contribution in [0.3, 0.4) is 0 Å². The van der Waals surface area contributed by atoms with Crippen LogP contribution in [0.25, 0.3) is 0 Å². The topological polar surface area (TPSA) is 32.3 Å². The monoisotopic (exact) mass is 272 g/mol. The maximum absolute atomic E-state index is 13.1. The van der Waals surface area contributed by atoms with Crippen LogP contribution in [0.5, 0.6) is 0 Å². The summed E-state index contributed by atoms with van der Waals surface area (Å²) in [6.45, 7) is 0.795. The summed E-state index contributed by atoms with van der Waals surface area (Å²) in [7, 11) is 3.97. The average Bonchev–Trinajstić information content (AvgIpc) is 2.38. The molecule has 0 aliphatic heterocycles. The Morgan fingerprint density at radius 3 is 2.60 bits per heavy atom. The molecule has 1 amide bonds. The van der Waals surface area contributed by atoms with Gasteiger partial charge in [-0.25, -0.2) is 4.39 Å². The maximum Gasteiger partial charge on any atom is 0.255 e. The third kappa shape index (κ3) is 3.90. The highest BCUT2D eigenvalue weighted by Gasteiger charge is 2.07. The van der Waals surface area contributed by atoms with Crippen LogP contribution in [0.4, 0.5) is 10.1 Å². The molecule has 3 nitrogen and oxygen atoms in total. The molecule has 0 heterocycles. The number of carbonyl (C=O) groups is 1. The second-order valence-electron chi connectivity index (χ2n) is 4.90. The molecule has 0 spiro atoms. The molecule has 4 heteroatoms. The number of amides is 1. The van der Waals surface area contributed by atoms with Crippen molar-refractivity contribution in [2.24, 2.45) is 0 Å². The van der Waals surface area contributed by atoms with Gasteiger partial charge in [0.05, 0.1) is 0 Å². The SMILES string of the molecule is CN(C)Cc1cccc(NC(=O)c2cccc(F)c2)c1. The Balaban J connectivity index is 2.11. The van der Waals surface area contributed by atoms with Gasteiger partial charge in [-0.05, 0) is 50.0 Å². The number of hydrogen-bond acceptors (Lipinski definition) is 2. The number of benzene rings is 2. The molecule has 0 aliphatic rings. The van der Waals surface area contributed by atoms with E-state index in [0.29, 0.717) is 11.3 Å². The highest BCUT2D eigenvalue weighted by Crippen LogP contribution is 2.13. The zero-order valence-electron chi connectivity index (χ0n) is 11.6. The Labute approximate surface area is 118 Å². The largest absolute Gasteiger partial charge is 0.322 e. The van der Waals surface area contributed by atoms with E-state index >= 15 is 0 Å². The summed E-state index contributed by atoms with van der Waals surface area (Å²) in [6, 6.07) is 13.3. The molecule has 0 bridgehead atoms. The molecule has 0 unspecified atom stereocenters. The van der Waals surface area contributed by atoms with Crippen molar-refractivity contribution >= 4 is 11.6 Å². The quantitative estimate of drug-likeness (QED) is 0.927. The van der Waals surface area contributed by atoms with Gasteiger partial charge in [-0.3, -0.25) is 4.79 Å². The summed E-state index contributed by atoms with van der Waals surface area (Å²) in [6.07, 6.45) is 0. The molecular formula is C16H17FN2O. The highest BCUT2D eigenvalue weighted by molar-refractivity contribution is 6.04. The molecule has 20 heavy (non-hydrogen) atoms. The van der Waals surface area contributed by atoms with Crippen molar-refractivity contribution in [2.45, 2.75) is 6.54 Å². The lowest BCUT2D eigenvalue weighted by atomic mass is 10.1. The van der Waals surface area contributed by atoms with Crippen molar-refractivity contribution in [3.8, 4) is 0 Å². The average molecular weight is 272 g/mol. The number of anilines is 1.